The molecule has 5 nitrogen and oxygen atoms in total. The molecular formula is C31H35N5S. The summed E-state index contributed by atoms with van der Waals surface area (Å²) in [6.07, 6.45) is 3.88. The Morgan fingerprint density at radius 2 is 1.73 bits per heavy atom. The van der Waals surface area contributed by atoms with Crippen molar-refractivity contribution in [1.29, 1.82) is 0 Å². The van der Waals surface area contributed by atoms with Crippen molar-refractivity contribution in [1.82, 2.24) is 19.8 Å². The second-order valence-corrected chi connectivity index (χ2v) is 10.0. The highest BCUT2D eigenvalue weighted by Crippen LogP contribution is 2.41. The number of aryl methyl sites for hydroxylation is 2. The van der Waals surface area contributed by atoms with E-state index < -0.39 is 0 Å². The third kappa shape index (κ3) is 5.25. The Morgan fingerprint density at radius 3 is 2.43 bits per heavy atom. The van der Waals surface area contributed by atoms with E-state index in [-0.39, 0.29) is 12.1 Å². The lowest BCUT2D eigenvalue weighted by Crippen LogP contribution is -2.31. The average molecular weight is 510 g/mol. The molecule has 0 spiro atoms. The fourth-order valence-corrected chi connectivity index (χ4v) is 5.72. The maximum Gasteiger partial charge on any atom is 0.170 e. The second kappa shape index (κ2) is 11.2. The molecule has 2 N–H and O–H groups in total. The van der Waals surface area contributed by atoms with Gasteiger partial charge in [-0.3, -0.25) is 4.98 Å². The number of hydrogen-bond acceptors (Lipinski definition) is 3. The monoisotopic (exact) mass is 509 g/mol. The predicted molar refractivity (Wildman–Crippen MR) is 156 cm³/mol. The van der Waals surface area contributed by atoms with Gasteiger partial charge in [-0.25, -0.2) is 0 Å². The normalized spacial score (nSPS) is 17.2. The summed E-state index contributed by atoms with van der Waals surface area (Å²) in [7, 11) is 0. The van der Waals surface area contributed by atoms with E-state index in [2.05, 4.69) is 108 Å². The topological polar surface area (TPSA) is 45.1 Å². The fraction of sp³-hybridized carbons (Fsp3) is 0.290. The zero-order chi connectivity index (χ0) is 25.8. The van der Waals surface area contributed by atoms with Gasteiger partial charge >= 0.3 is 0 Å². The summed E-state index contributed by atoms with van der Waals surface area (Å²) in [5, 5.41) is 7.92. The molecule has 0 radical (unpaired) electrons. The van der Waals surface area contributed by atoms with Crippen molar-refractivity contribution in [2.45, 2.75) is 45.7 Å². The van der Waals surface area contributed by atoms with E-state index in [0.29, 0.717) is 0 Å². The minimum absolute atomic E-state index is 0.00722. The highest BCUT2D eigenvalue weighted by atomic mass is 32.1. The molecule has 5 rings (SSSR count). The average Bonchev–Trinajstić information content (AvgIpc) is 3.42. The van der Waals surface area contributed by atoms with E-state index in [4.69, 9.17) is 17.2 Å². The van der Waals surface area contributed by atoms with Crippen LogP contribution in [0.25, 0.3) is 5.69 Å². The van der Waals surface area contributed by atoms with Crippen LogP contribution in [-0.4, -0.2) is 32.7 Å². The highest BCUT2D eigenvalue weighted by Gasteiger charge is 2.41. The summed E-state index contributed by atoms with van der Waals surface area (Å²) in [5.74, 6) is 0. The number of nitrogens with zero attached hydrogens (tertiary/aromatic N) is 3. The minimum atomic E-state index is -0.00722. The first kappa shape index (κ1) is 25.0. The van der Waals surface area contributed by atoms with Crippen LogP contribution in [0, 0.1) is 13.8 Å². The van der Waals surface area contributed by atoms with Crippen LogP contribution in [0.1, 0.15) is 53.6 Å². The molecule has 0 amide bonds. The van der Waals surface area contributed by atoms with Gasteiger partial charge < -0.3 is 20.1 Å². The maximum absolute atomic E-state index is 5.90. The summed E-state index contributed by atoms with van der Waals surface area (Å²) < 4.78 is 2.36. The van der Waals surface area contributed by atoms with Crippen molar-refractivity contribution in [3.05, 3.63) is 113 Å². The summed E-state index contributed by atoms with van der Waals surface area (Å²) in [5.41, 5.74) is 8.45. The molecule has 0 bridgehead atoms. The minimum Gasteiger partial charge on any atom is -0.385 e. The standard InChI is InChI=1S/C31H35N5S/c1-4-24-14-16-26(17-15-24)36-22(2)21-27(23(36)3)30-29(28-13-8-9-18-33-28)34-31(37)35(30)20-10-19-32-25-11-6-5-7-12-25/h5-9,11-18,21,29-30,32H,4,10,19-20H2,1-3H3,(H,34,37)/t29-,30-/m0/s1. The van der Waals surface area contributed by atoms with Crippen LogP contribution in [0.3, 0.4) is 0 Å². The molecule has 1 aliphatic heterocycles. The number of thiocarbonyl (C=S) groups is 1. The van der Waals surface area contributed by atoms with E-state index in [0.717, 1.165) is 42.4 Å². The van der Waals surface area contributed by atoms with Crippen LogP contribution < -0.4 is 10.6 Å². The van der Waals surface area contributed by atoms with Crippen molar-refractivity contribution < 1.29 is 0 Å². The van der Waals surface area contributed by atoms with Crippen LogP contribution in [-0.2, 0) is 6.42 Å². The molecule has 2 atom stereocenters. The summed E-state index contributed by atoms with van der Waals surface area (Å²) >= 11 is 5.90. The van der Waals surface area contributed by atoms with Gasteiger partial charge in [0.2, 0.25) is 0 Å². The van der Waals surface area contributed by atoms with E-state index in [1.807, 2.05) is 18.3 Å². The van der Waals surface area contributed by atoms with Crippen molar-refractivity contribution >= 4 is 23.0 Å². The van der Waals surface area contributed by atoms with Gasteiger partial charge in [0.15, 0.2) is 5.11 Å². The smallest absolute Gasteiger partial charge is 0.170 e. The van der Waals surface area contributed by atoms with Crippen molar-refractivity contribution in [3.63, 3.8) is 0 Å². The molecule has 4 aromatic rings. The van der Waals surface area contributed by atoms with Gasteiger partial charge in [-0.1, -0.05) is 43.3 Å². The maximum atomic E-state index is 5.90. The number of rotatable bonds is 9. The van der Waals surface area contributed by atoms with Gasteiger partial charge in [0.05, 0.1) is 17.8 Å². The first-order chi connectivity index (χ1) is 18.1. The highest BCUT2D eigenvalue weighted by molar-refractivity contribution is 7.80. The lowest BCUT2D eigenvalue weighted by Gasteiger charge is -2.28. The van der Waals surface area contributed by atoms with E-state index in [1.165, 1.54) is 28.2 Å². The Kier molecular flexibility index (Phi) is 7.56. The number of aromatic nitrogens is 2. The molecule has 0 saturated carbocycles. The Labute approximate surface area is 225 Å². The summed E-state index contributed by atoms with van der Waals surface area (Å²) in [4.78, 5) is 7.06. The number of hydrogen-bond donors (Lipinski definition) is 2. The number of para-hydroxylation sites is 1. The van der Waals surface area contributed by atoms with Crippen molar-refractivity contribution in [2.75, 3.05) is 18.4 Å². The van der Waals surface area contributed by atoms with Gasteiger partial charge in [-0.2, -0.15) is 0 Å². The van der Waals surface area contributed by atoms with E-state index in [1.54, 1.807) is 0 Å². The Hall–Kier alpha value is -3.64. The van der Waals surface area contributed by atoms with Crippen molar-refractivity contribution in [3.8, 4) is 5.69 Å². The molecule has 2 aromatic carbocycles. The molecule has 37 heavy (non-hydrogen) atoms. The van der Waals surface area contributed by atoms with Gasteiger partial charge in [-0.15, -0.1) is 0 Å². The number of benzene rings is 2. The zero-order valence-electron chi connectivity index (χ0n) is 21.8. The molecule has 1 saturated heterocycles. The molecule has 2 aromatic heterocycles. The predicted octanol–water partition coefficient (Wildman–Crippen LogP) is 6.53. The summed E-state index contributed by atoms with van der Waals surface area (Å²) in [6, 6.07) is 27.7. The molecular weight excluding hydrogens is 474 g/mol. The van der Waals surface area contributed by atoms with Crippen LogP contribution in [0.2, 0.25) is 0 Å². The second-order valence-electron chi connectivity index (χ2n) is 9.65. The lowest BCUT2D eigenvalue weighted by atomic mass is 9.96. The Balaban J connectivity index is 1.45. The van der Waals surface area contributed by atoms with Crippen LogP contribution in [0.15, 0.2) is 85.1 Å². The lowest BCUT2D eigenvalue weighted by molar-refractivity contribution is 0.315. The molecule has 0 aliphatic carbocycles. The molecule has 6 heteroatoms. The van der Waals surface area contributed by atoms with Crippen LogP contribution in [0.5, 0.6) is 0 Å². The molecule has 1 aliphatic rings. The Morgan fingerprint density at radius 1 is 0.973 bits per heavy atom. The SMILES string of the molecule is CCc1ccc(-n2c(C)cc([C@H]3[C@H](c4ccccn4)NC(=S)N3CCCNc3ccccc3)c2C)cc1. The molecule has 3 heterocycles. The van der Waals surface area contributed by atoms with Crippen molar-refractivity contribution in [2.24, 2.45) is 0 Å². The molecule has 190 valence electrons. The van der Waals surface area contributed by atoms with Crippen LogP contribution >= 0.6 is 12.2 Å². The van der Waals surface area contributed by atoms with Gasteiger partial charge in [-0.05, 0) is 92.5 Å². The number of anilines is 1. The molecule has 1 fully saturated rings. The van der Waals surface area contributed by atoms with E-state index in [9.17, 15) is 0 Å². The largest absolute Gasteiger partial charge is 0.385 e. The first-order valence-corrected chi connectivity index (χ1v) is 13.5. The first-order valence-electron chi connectivity index (χ1n) is 13.1. The fourth-order valence-electron chi connectivity index (χ4n) is 5.39. The van der Waals surface area contributed by atoms with Gasteiger partial charge in [0.25, 0.3) is 0 Å². The van der Waals surface area contributed by atoms with Crippen LogP contribution in [0.4, 0.5) is 5.69 Å². The Bertz CT molecular complexity index is 1330. The quantitative estimate of drug-likeness (QED) is 0.198. The van der Waals surface area contributed by atoms with Gasteiger partial charge in [0, 0.05) is 42.0 Å². The van der Waals surface area contributed by atoms with E-state index >= 15 is 0 Å². The number of pyridine rings is 1. The molecule has 0 unspecified atom stereocenters. The number of nitrogens with one attached hydrogen (secondary N) is 2. The zero-order valence-corrected chi connectivity index (χ0v) is 22.6. The third-order valence-corrected chi connectivity index (χ3v) is 7.62. The third-order valence-electron chi connectivity index (χ3n) is 7.27. The summed E-state index contributed by atoms with van der Waals surface area (Å²) in [6.45, 7) is 8.34. The van der Waals surface area contributed by atoms with Gasteiger partial charge in [0.1, 0.15) is 0 Å².